The maximum Gasteiger partial charge on any atom is 0.122 e. The van der Waals surface area contributed by atoms with E-state index in [1.807, 2.05) is 18.2 Å². The normalized spacial score (nSPS) is 12.2. The summed E-state index contributed by atoms with van der Waals surface area (Å²) in [5.41, 5.74) is 7.08. The molecule has 0 heterocycles. The number of ether oxygens (including phenoxy) is 3. The molecule has 1 rings (SSSR count). The van der Waals surface area contributed by atoms with E-state index in [1.165, 1.54) is 0 Å². The molecule has 1 unspecified atom stereocenters. The molecule has 2 N–H and O–H groups in total. The van der Waals surface area contributed by atoms with E-state index in [4.69, 9.17) is 19.9 Å². The Morgan fingerprint density at radius 1 is 1.22 bits per heavy atom. The Morgan fingerprint density at radius 3 is 2.61 bits per heavy atom. The lowest BCUT2D eigenvalue weighted by Crippen LogP contribution is -2.22. The van der Waals surface area contributed by atoms with Crippen molar-refractivity contribution in [1.82, 2.24) is 0 Å². The fourth-order valence-electron chi connectivity index (χ4n) is 1.64. The summed E-state index contributed by atoms with van der Waals surface area (Å²) >= 11 is 0. The molecule has 102 valence electrons. The minimum absolute atomic E-state index is 0.141. The van der Waals surface area contributed by atoms with Crippen LogP contribution in [0.1, 0.15) is 18.9 Å². The van der Waals surface area contributed by atoms with Crippen molar-refractivity contribution < 1.29 is 14.2 Å². The van der Waals surface area contributed by atoms with E-state index in [2.05, 4.69) is 6.92 Å². The maximum absolute atomic E-state index is 6.00. The summed E-state index contributed by atoms with van der Waals surface area (Å²) in [4.78, 5) is 0. The summed E-state index contributed by atoms with van der Waals surface area (Å²) < 4.78 is 15.9. The first kappa shape index (κ1) is 14.8. The van der Waals surface area contributed by atoms with E-state index >= 15 is 0 Å². The Morgan fingerprint density at radius 2 is 2.00 bits per heavy atom. The number of nitrogens with two attached hydrogens (primary N) is 1. The zero-order chi connectivity index (χ0) is 13.4. The highest BCUT2D eigenvalue weighted by Crippen LogP contribution is 2.25. The standard InChI is InChI=1S/C14H23NO3/c1-4-12(15)9-11-10-13(17-3)5-6-14(11)18-8-7-16-2/h5-6,10,12H,4,7-9,15H2,1-3H3. The predicted octanol–water partition coefficient (Wildman–Crippen LogP) is 2.00. The summed E-state index contributed by atoms with van der Waals surface area (Å²) in [6.45, 7) is 3.19. The molecule has 18 heavy (non-hydrogen) atoms. The van der Waals surface area contributed by atoms with Gasteiger partial charge in [0.15, 0.2) is 0 Å². The van der Waals surface area contributed by atoms with Crippen molar-refractivity contribution in [2.45, 2.75) is 25.8 Å². The molecule has 1 aromatic carbocycles. The fourth-order valence-corrected chi connectivity index (χ4v) is 1.64. The molecule has 4 heteroatoms. The lowest BCUT2D eigenvalue weighted by atomic mass is 10.0. The minimum Gasteiger partial charge on any atom is -0.497 e. The Hall–Kier alpha value is -1.26. The highest BCUT2D eigenvalue weighted by atomic mass is 16.5. The Kier molecular flexibility index (Phi) is 6.54. The van der Waals surface area contributed by atoms with Crippen LogP contribution in [-0.2, 0) is 11.2 Å². The topological polar surface area (TPSA) is 53.7 Å². The monoisotopic (exact) mass is 253 g/mol. The third-order valence-corrected chi connectivity index (χ3v) is 2.82. The zero-order valence-electron chi connectivity index (χ0n) is 11.4. The van der Waals surface area contributed by atoms with Crippen molar-refractivity contribution in [3.63, 3.8) is 0 Å². The first-order valence-corrected chi connectivity index (χ1v) is 6.25. The van der Waals surface area contributed by atoms with Gasteiger partial charge in [0.25, 0.3) is 0 Å². The van der Waals surface area contributed by atoms with Gasteiger partial charge in [0.2, 0.25) is 0 Å². The number of hydrogen-bond acceptors (Lipinski definition) is 4. The molecular weight excluding hydrogens is 230 g/mol. The van der Waals surface area contributed by atoms with Gasteiger partial charge in [-0.3, -0.25) is 0 Å². The molecule has 0 fully saturated rings. The van der Waals surface area contributed by atoms with Gasteiger partial charge < -0.3 is 19.9 Å². The molecule has 0 bridgehead atoms. The molecule has 4 nitrogen and oxygen atoms in total. The lowest BCUT2D eigenvalue weighted by Gasteiger charge is -2.15. The van der Waals surface area contributed by atoms with Gasteiger partial charge in [0.05, 0.1) is 13.7 Å². The summed E-state index contributed by atoms with van der Waals surface area (Å²) in [5, 5.41) is 0. The second-order valence-corrected chi connectivity index (χ2v) is 4.19. The molecule has 0 amide bonds. The van der Waals surface area contributed by atoms with E-state index in [1.54, 1.807) is 14.2 Å². The van der Waals surface area contributed by atoms with Gasteiger partial charge in [-0.15, -0.1) is 0 Å². The van der Waals surface area contributed by atoms with Gasteiger partial charge in [-0.2, -0.15) is 0 Å². The van der Waals surface area contributed by atoms with Gasteiger partial charge in [-0.1, -0.05) is 6.92 Å². The number of rotatable bonds is 8. The summed E-state index contributed by atoms with van der Waals surface area (Å²) in [6, 6.07) is 5.94. The molecule has 0 saturated carbocycles. The van der Waals surface area contributed by atoms with Crippen molar-refractivity contribution in [2.75, 3.05) is 27.4 Å². The van der Waals surface area contributed by atoms with Gasteiger partial charge in [-0.05, 0) is 36.6 Å². The SMILES string of the molecule is CCC(N)Cc1cc(OC)ccc1OCCOC. The highest BCUT2D eigenvalue weighted by Gasteiger charge is 2.09. The average Bonchev–Trinajstić information content (AvgIpc) is 2.40. The Balaban J connectivity index is 2.79. The molecular formula is C14H23NO3. The minimum atomic E-state index is 0.141. The van der Waals surface area contributed by atoms with E-state index < -0.39 is 0 Å². The second-order valence-electron chi connectivity index (χ2n) is 4.19. The number of hydrogen-bond donors (Lipinski definition) is 1. The maximum atomic E-state index is 6.00. The van der Waals surface area contributed by atoms with E-state index in [0.29, 0.717) is 13.2 Å². The van der Waals surface area contributed by atoms with Crippen LogP contribution in [0.15, 0.2) is 18.2 Å². The smallest absolute Gasteiger partial charge is 0.122 e. The molecule has 0 aliphatic heterocycles. The molecule has 0 aliphatic carbocycles. The van der Waals surface area contributed by atoms with E-state index in [0.717, 1.165) is 29.9 Å². The van der Waals surface area contributed by atoms with Crippen molar-refractivity contribution >= 4 is 0 Å². The van der Waals surface area contributed by atoms with Crippen LogP contribution in [0.25, 0.3) is 0 Å². The Bertz CT molecular complexity index is 355. The van der Waals surface area contributed by atoms with Crippen LogP contribution in [0.4, 0.5) is 0 Å². The third-order valence-electron chi connectivity index (χ3n) is 2.82. The van der Waals surface area contributed by atoms with Crippen LogP contribution in [0.3, 0.4) is 0 Å². The largest absolute Gasteiger partial charge is 0.497 e. The van der Waals surface area contributed by atoms with Gasteiger partial charge in [0.1, 0.15) is 18.1 Å². The number of benzene rings is 1. The molecule has 0 saturated heterocycles. The molecule has 0 radical (unpaired) electrons. The van der Waals surface area contributed by atoms with Crippen molar-refractivity contribution in [3.05, 3.63) is 23.8 Å². The van der Waals surface area contributed by atoms with Gasteiger partial charge >= 0.3 is 0 Å². The van der Waals surface area contributed by atoms with Crippen LogP contribution in [0.5, 0.6) is 11.5 Å². The summed E-state index contributed by atoms with van der Waals surface area (Å²) in [6.07, 6.45) is 1.73. The van der Waals surface area contributed by atoms with Crippen molar-refractivity contribution in [3.8, 4) is 11.5 Å². The lowest BCUT2D eigenvalue weighted by molar-refractivity contribution is 0.145. The second kappa shape index (κ2) is 7.95. The molecule has 0 aliphatic rings. The Labute approximate surface area is 109 Å². The molecule has 0 spiro atoms. The van der Waals surface area contributed by atoms with Crippen LogP contribution in [0.2, 0.25) is 0 Å². The van der Waals surface area contributed by atoms with Crippen LogP contribution >= 0.6 is 0 Å². The highest BCUT2D eigenvalue weighted by molar-refractivity contribution is 5.40. The summed E-state index contributed by atoms with van der Waals surface area (Å²) in [5.74, 6) is 1.68. The molecule has 1 aromatic rings. The van der Waals surface area contributed by atoms with Crippen LogP contribution in [-0.4, -0.2) is 33.5 Å². The zero-order valence-corrected chi connectivity index (χ0v) is 11.4. The van der Waals surface area contributed by atoms with Crippen LogP contribution in [0, 0.1) is 0 Å². The quantitative estimate of drug-likeness (QED) is 0.720. The molecule has 1 atom stereocenters. The van der Waals surface area contributed by atoms with Crippen LogP contribution < -0.4 is 15.2 Å². The van der Waals surface area contributed by atoms with E-state index in [-0.39, 0.29) is 6.04 Å². The summed E-state index contributed by atoms with van der Waals surface area (Å²) in [7, 11) is 3.32. The van der Waals surface area contributed by atoms with Gasteiger partial charge in [-0.25, -0.2) is 0 Å². The first-order chi connectivity index (χ1) is 8.71. The van der Waals surface area contributed by atoms with E-state index in [9.17, 15) is 0 Å². The molecule has 0 aromatic heterocycles. The van der Waals surface area contributed by atoms with Crippen molar-refractivity contribution in [2.24, 2.45) is 5.73 Å². The fraction of sp³-hybridized carbons (Fsp3) is 0.571. The predicted molar refractivity (Wildman–Crippen MR) is 72.3 cm³/mol. The average molecular weight is 253 g/mol. The third kappa shape index (κ3) is 4.55. The number of methoxy groups -OCH3 is 2. The van der Waals surface area contributed by atoms with Gasteiger partial charge in [0, 0.05) is 13.2 Å². The van der Waals surface area contributed by atoms with Crippen molar-refractivity contribution in [1.29, 1.82) is 0 Å². The first-order valence-electron chi connectivity index (χ1n) is 6.25.